The predicted octanol–water partition coefficient (Wildman–Crippen LogP) is 0.887. The van der Waals surface area contributed by atoms with Crippen LogP contribution in [0.3, 0.4) is 0 Å². The van der Waals surface area contributed by atoms with Crippen LogP contribution in [0.15, 0.2) is 10.2 Å². The summed E-state index contributed by atoms with van der Waals surface area (Å²) in [5.74, 6) is 0.00821. The highest BCUT2D eigenvalue weighted by atomic mass is 32.1. The third kappa shape index (κ3) is 5.01. The average Bonchev–Trinajstić information content (AvgIpc) is 2.66. The number of amides is 1. The number of hydrogen-bond acceptors (Lipinski definition) is 4. The average molecular weight is 272 g/mol. The van der Waals surface area contributed by atoms with Gasteiger partial charge in [0.05, 0.1) is 0 Å². The van der Waals surface area contributed by atoms with Crippen LogP contribution < -0.4 is 10.2 Å². The molecule has 1 rings (SSSR count). The standard InChI is InChI=1S/C12H20N2O3S/c1-10-9-18-12(17)14(10)7-4-5-11(16)13-6-2-3-8-15/h9,15H,2-8H2,1H3,(H,13,16). The van der Waals surface area contributed by atoms with Crippen LogP contribution in [-0.2, 0) is 11.3 Å². The Hall–Kier alpha value is -1.14. The highest BCUT2D eigenvalue weighted by molar-refractivity contribution is 7.07. The van der Waals surface area contributed by atoms with E-state index < -0.39 is 0 Å². The first-order valence-electron chi connectivity index (χ1n) is 6.17. The smallest absolute Gasteiger partial charge is 0.307 e. The van der Waals surface area contributed by atoms with Crippen LogP contribution in [0.2, 0.25) is 0 Å². The fourth-order valence-corrected chi connectivity index (χ4v) is 2.39. The molecular weight excluding hydrogens is 252 g/mol. The zero-order valence-electron chi connectivity index (χ0n) is 10.6. The van der Waals surface area contributed by atoms with Crippen molar-refractivity contribution in [3.8, 4) is 0 Å². The van der Waals surface area contributed by atoms with Crippen molar-refractivity contribution in [2.75, 3.05) is 13.2 Å². The van der Waals surface area contributed by atoms with Gasteiger partial charge in [0.1, 0.15) is 0 Å². The number of aromatic nitrogens is 1. The number of carbonyl (C=O) groups excluding carboxylic acids is 1. The van der Waals surface area contributed by atoms with Crippen LogP contribution in [0.4, 0.5) is 0 Å². The Bertz CT molecular complexity index is 425. The van der Waals surface area contributed by atoms with Crippen molar-refractivity contribution in [3.63, 3.8) is 0 Å². The molecule has 5 nitrogen and oxygen atoms in total. The minimum atomic E-state index is 0.00821. The highest BCUT2D eigenvalue weighted by Gasteiger charge is 2.04. The van der Waals surface area contributed by atoms with Crippen molar-refractivity contribution < 1.29 is 9.90 Å². The van der Waals surface area contributed by atoms with E-state index in [4.69, 9.17) is 5.11 Å². The van der Waals surface area contributed by atoms with Gasteiger partial charge in [-0.1, -0.05) is 11.3 Å². The van der Waals surface area contributed by atoms with E-state index in [1.165, 1.54) is 11.3 Å². The lowest BCUT2D eigenvalue weighted by atomic mass is 10.2. The molecule has 102 valence electrons. The van der Waals surface area contributed by atoms with Crippen molar-refractivity contribution in [2.24, 2.45) is 0 Å². The monoisotopic (exact) mass is 272 g/mol. The fraction of sp³-hybridized carbons (Fsp3) is 0.667. The van der Waals surface area contributed by atoms with Gasteiger partial charge in [0.25, 0.3) is 0 Å². The maximum atomic E-state index is 11.4. The molecular formula is C12H20N2O3S. The molecule has 0 fully saturated rings. The number of rotatable bonds is 8. The lowest BCUT2D eigenvalue weighted by Gasteiger charge is -2.06. The lowest BCUT2D eigenvalue weighted by Crippen LogP contribution is -2.25. The number of aliphatic hydroxyl groups is 1. The molecule has 0 aliphatic carbocycles. The molecule has 0 atom stereocenters. The highest BCUT2D eigenvalue weighted by Crippen LogP contribution is 2.02. The molecule has 6 heteroatoms. The summed E-state index contributed by atoms with van der Waals surface area (Å²) < 4.78 is 1.70. The third-order valence-electron chi connectivity index (χ3n) is 2.67. The second kappa shape index (κ2) is 8.05. The van der Waals surface area contributed by atoms with Crippen LogP contribution in [-0.4, -0.2) is 28.7 Å². The maximum Gasteiger partial charge on any atom is 0.307 e. The normalized spacial score (nSPS) is 10.6. The number of thiazole rings is 1. The van der Waals surface area contributed by atoms with Crippen LogP contribution in [0, 0.1) is 6.92 Å². The first-order chi connectivity index (χ1) is 8.65. The van der Waals surface area contributed by atoms with Crippen LogP contribution in [0.5, 0.6) is 0 Å². The molecule has 0 spiro atoms. The number of aryl methyl sites for hydroxylation is 1. The first-order valence-corrected chi connectivity index (χ1v) is 7.05. The van der Waals surface area contributed by atoms with Gasteiger partial charge in [0.15, 0.2) is 0 Å². The van der Waals surface area contributed by atoms with E-state index in [9.17, 15) is 9.59 Å². The molecule has 0 aromatic carbocycles. The summed E-state index contributed by atoms with van der Waals surface area (Å²) in [7, 11) is 0. The molecule has 1 amide bonds. The van der Waals surface area contributed by atoms with Crippen LogP contribution in [0.25, 0.3) is 0 Å². The summed E-state index contributed by atoms with van der Waals surface area (Å²) in [6.07, 6.45) is 2.61. The molecule has 0 aliphatic rings. The molecule has 0 aliphatic heterocycles. The Morgan fingerprint density at radius 3 is 2.83 bits per heavy atom. The van der Waals surface area contributed by atoms with Gasteiger partial charge in [-0.2, -0.15) is 0 Å². The van der Waals surface area contributed by atoms with E-state index in [0.717, 1.165) is 12.1 Å². The summed E-state index contributed by atoms with van der Waals surface area (Å²) in [6.45, 7) is 3.26. The van der Waals surface area contributed by atoms with Gasteiger partial charge >= 0.3 is 4.87 Å². The van der Waals surface area contributed by atoms with Crippen LogP contribution in [0.1, 0.15) is 31.4 Å². The molecule has 18 heavy (non-hydrogen) atoms. The molecule has 1 aromatic heterocycles. The first kappa shape index (κ1) is 14.9. The van der Waals surface area contributed by atoms with Gasteiger partial charge in [-0.05, 0) is 26.2 Å². The molecule has 0 bridgehead atoms. The van der Waals surface area contributed by atoms with Crippen molar-refractivity contribution in [3.05, 3.63) is 20.7 Å². The fourth-order valence-electron chi connectivity index (χ4n) is 1.63. The van der Waals surface area contributed by atoms with Gasteiger partial charge in [0, 0.05) is 37.2 Å². The quantitative estimate of drug-likeness (QED) is 0.690. The number of unbranched alkanes of at least 4 members (excludes halogenated alkanes) is 1. The molecule has 0 radical (unpaired) electrons. The second-order valence-corrected chi connectivity index (χ2v) is 5.00. The predicted molar refractivity (Wildman–Crippen MR) is 71.9 cm³/mol. The Morgan fingerprint density at radius 2 is 2.22 bits per heavy atom. The minimum absolute atomic E-state index is 0.00821. The number of aliphatic hydroxyl groups excluding tert-OH is 1. The number of carbonyl (C=O) groups is 1. The summed E-state index contributed by atoms with van der Waals surface area (Å²) >= 11 is 1.19. The van der Waals surface area contributed by atoms with Gasteiger partial charge < -0.3 is 15.0 Å². The van der Waals surface area contributed by atoms with Gasteiger partial charge in [0.2, 0.25) is 5.91 Å². The lowest BCUT2D eigenvalue weighted by molar-refractivity contribution is -0.121. The van der Waals surface area contributed by atoms with Gasteiger partial charge in [-0.3, -0.25) is 9.59 Å². The summed E-state index contributed by atoms with van der Waals surface area (Å²) in [6, 6.07) is 0. The van der Waals surface area contributed by atoms with E-state index in [2.05, 4.69) is 5.32 Å². The van der Waals surface area contributed by atoms with Gasteiger partial charge in [-0.15, -0.1) is 0 Å². The van der Waals surface area contributed by atoms with E-state index in [1.807, 2.05) is 12.3 Å². The van der Waals surface area contributed by atoms with Crippen molar-refractivity contribution in [1.29, 1.82) is 0 Å². The molecule has 2 N–H and O–H groups in total. The molecule has 0 saturated carbocycles. The summed E-state index contributed by atoms with van der Waals surface area (Å²) in [5.41, 5.74) is 0.952. The molecule has 0 unspecified atom stereocenters. The van der Waals surface area contributed by atoms with Crippen molar-refractivity contribution >= 4 is 17.2 Å². The van der Waals surface area contributed by atoms with E-state index in [0.29, 0.717) is 32.4 Å². The van der Waals surface area contributed by atoms with E-state index >= 15 is 0 Å². The van der Waals surface area contributed by atoms with Crippen molar-refractivity contribution in [1.82, 2.24) is 9.88 Å². The number of nitrogens with one attached hydrogen (secondary N) is 1. The zero-order chi connectivity index (χ0) is 13.4. The van der Waals surface area contributed by atoms with E-state index in [1.54, 1.807) is 4.57 Å². The number of hydrogen-bond donors (Lipinski definition) is 2. The van der Waals surface area contributed by atoms with Gasteiger partial charge in [-0.25, -0.2) is 0 Å². The number of nitrogens with zero attached hydrogens (tertiary/aromatic N) is 1. The third-order valence-corrected chi connectivity index (χ3v) is 3.55. The largest absolute Gasteiger partial charge is 0.396 e. The Morgan fingerprint density at radius 1 is 1.44 bits per heavy atom. The molecule has 1 aromatic rings. The van der Waals surface area contributed by atoms with Crippen molar-refractivity contribution in [2.45, 2.75) is 39.2 Å². The Balaban J connectivity index is 2.18. The molecule has 1 heterocycles. The minimum Gasteiger partial charge on any atom is -0.396 e. The maximum absolute atomic E-state index is 11.4. The molecule has 0 saturated heterocycles. The second-order valence-electron chi connectivity index (χ2n) is 4.18. The Kier molecular flexibility index (Phi) is 6.67. The summed E-state index contributed by atoms with van der Waals surface area (Å²) in [5, 5.41) is 13.2. The SMILES string of the molecule is Cc1csc(=O)n1CCCC(=O)NCCCCO. The Labute approximate surface area is 110 Å². The topological polar surface area (TPSA) is 71.3 Å². The van der Waals surface area contributed by atoms with Crippen LogP contribution >= 0.6 is 11.3 Å². The zero-order valence-corrected chi connectivity index (χ0v) is 11.5. The van der Waals surface area contributed by atoms with E-state index in [-0.39, 0.29) is 17.4 Å². The summed E-state index contributed by atoms with van der Waals surface area (Å²) in [4.78, 5) is 22.9.